The summed E-state index contributed by atoms with van der Waals surface area (Å²) in [5.74, 6) is 0.279. The van der Waals surface area contributed by atoms with Gasteiger partial charge in [0.15, 0.2) is 9.84 Å². The van der Waals surface area contributed by atoms with E-state index in [9.17, 15) is 13.2 Å². The van der Waals surface area contributed by atoms with E-state index in [0.29, 0.717) is 11.5 Å². The van der Waals surface area contributed by atoms with E-state index in [4.69, 9.17) is 9.47 Å². The number of esters is 1. The zero-order valence-corrected chi connectivity index (χ0v) is 14.0. The van der Waals surface area contributed by atoms with Gasteiger partial charge in [-0.05, 0) is 43.3 Å². The summed E-state index contributed by atoms with van der Waals surface area (Å²) in [6, 6.07) is 9.45. The molecule has 0 fully saturated rings. The average Bonchev–Trinajstić information content (AvgIpc) is 2.56. The minimum Gasteiger partial charge on any atom is -0.465 e. The maximum absolute atomic E-state index is 12.2. The van der Waals surface area contributed by atoms with E-state index < -0.39 is 15.8 Å². The smallest absolute Gasteiger partial charge is 0.319 e. The van der Waals surface area contributed by atoms with Crippen molar-refractivity contribution in [3.05, 3.63) is 48.8 Å². The summed E-state index contributed by atoms with van der Waals surface area (Å²) in [4.78, 5) is 15.2. The highest BCUT2D eigenvalue weighted by Gasteiger charge is 2.15. The van der Waals surface area contributed by atoms with E-state index in [-0.39, 0.29) is 23.9 Å². The Hall–Kier alpha value is -2.45. The van der Waals surface area contributed by atoms with Crippen molar-refractivity contribution < 1.29 is 22.7 Å². The van der Waals surface area contributed by atoms with E-state index in [0.717, 1.165) is 0 Å². The van der Waals surface area contributed by atoms with Gasteiger partial charge in [-0.15, -0.1) is 0 Å². The highest BCUT2D eigenvalue weighted by molar-refractivity contribution is 7.91. The normalized spacial score (nSPS) is 11.0. The monoisotopic (exact) mass is 350 g/mol. The molecule has 8 heteroatoms. The highest BCUT2D eigenvalue weighted by atomic mass is 32.2. The van der Waals surface area contributed by atoms with Crippen molar-refractivity contribution in [1.29, 1.82) is 0 Å². The Kier molecular flexibility index (Phi) is 6.28. The maximum Gasteiger partial charge on any atom is 0.319 e. The van der Waals surface area contributed by atoms with Gasteiger partial charge in [0, 0.05) is 12.4 Å². The molecule has 0 radical (unpaired) electrons. The van der Waals surface area contributed by atoms with Gasteiger partial charge in [-0.1, -0.05) is 0 Å². The number of nitrogens with one attached hydrogen (secondary N) is 1. The summed E-state index contributed by atoms with van der Waals surface area (Å²) < 4.78 is 34.6. The van der Waals surface area contributed by atoms with Crippen molar-refractivity contribution in [1.82, 2.24) is 10.3 Å². The fourth-order valence-electron chi connectivity index (χ4n) is 1.84. The molecule has 7 nitrogen and oxygen atoms in total. The van der Waals surface area contributed by atoms with Crippen LogP contribution in [0.25, 0.3) is 0 Å². The van der Waals surface area contributed by atoms with Gasteiger partial charge in [-0.3, -0.25) is 15.1 Å². The van der Waals surface area contributed by atoms with Crippen molar-refractivity contribution in [3.63, 3.8) is 0 Å². The molecule has 1 aromatic carbocycles. The second-order valence-corrected chi connectivity index (χ2v) is 6.74. The van der Waals surface area contributed by atoms with Crippen molar-refractivity contribution in [2.75, 3.05) is 19.0 Å². The number of carbonyl (C=O) groups is 1. The quantitative estimate of drug-likeness (QED) is 0.725. The van der Waals surface area contributed by atoms with Crippen LogP contribution < -0.4 is 10.1 Å². The number of nitrogens with zero attached hydrogens (tertiary/aromatic N) is 1. The third kappa shape index (κ3) is 5.32. The van der Waals surface area contributed by atoms with Gasteiger partial charge in [0.25, 0.3) is 0 Å². The van der Waals surface area contributed by atoms with Crippen LogP contribution in [0.4, 0.5) is 0 Å². The first-order valence-corrected chi connectivity index (χ1v) is 8.93. The van der Waals surface area contributed by atoms with Crippen molar-refractivity contribution >= 4 is 15.8 Å². The van der Waals surface area contributed by atoms with Gasteiger partial charge < -0.3 is 9.47 Å². The lowest BCUT2D eigenvalue weighted by Gasteiger charge is -2.08. The Bertz CT molecular complexity index is 761. The lowest BCUT2D eigenvalue weighted by atomic mass is 10.3. The second-order valence-electron chi connectivity index (χ2n) is 4.75. The molecule has 0 bridgehead atoms. The number of hydrogen-bond donors (Lipinski definition) is 1. The Morgan fingerprint density at radius 3 is 2.33 bits per heavy atom. The number of aromatic nitrogens is 1. The molecule has 0 aliphatic carbocycles. The fraction of sp³-hybridized carbons (Fsp3) is 0.250. The third-order valence-corrected chi connectivity index (χ3v) is 4.51. The molecule has 0 spiro atoms. The zero-order valence-electron chi connectivity index (χ0n) is 13.1. The molecule has 0 saturated heterocycles. The number of rotatable bonds is 8. The van der Waals surface area contributed by atoms with Crippen LogP contribution in [0.15, 0.2) is 53.7 Å². The summed E-state index contributed by atoms with van der Waals surface area (Å²) in [6.45, 7) is 1.78. The molecule has 1 N–H and O–H groups in total. The van der Waals surface area contributed by atoms with Gasteiger partial charge in [0.05, 0.1) is 18.0 Å². The number of hydrogen-bond acceptors (Lipinski definition) is 7. The Balaban J connectivity index is 1.94. The van der Waals surface area contributed by atoms with Crippen LogP contribution in [0.3, 0.4) is 0 Å². The molecule has 0 amide bonds. The summed E-state index contributed by atoms with van der Waals surface area (Å²) in [6.07, 6.45) is 3.20. The molecule has 0 unspecified atom stereocenters. The Morgan fingerprint density at radius 2 is 1.71 bits per heavy atom. The topological polar surface area (TPSA) is 94.6 Å². The summed E-state index contributed by atoms with van der Waals surface area (Å²) in [5, 5.41) is 2.56. The van der Waals surface area contributed by atoms with Crippen LogP contribution in [0.1, 0.15) is 6.92 Å². The number of ether oxygens (including phenoxy) is 2. The van der Waals surface area contributed by atoms with Crippen LogP contribution >= 0.6 is 0 Å². The predicted molar refractivity (Wildman–Crippen MR) is 87.4 cm³/mol. The minimum atomic E-state index is -3.54. The Morgan fingerprint density at radius 1 is 1.08 bits per heavy atom. The first-order valence-electron chi connectivity index (χ1n) is 7.28. The number of carbonyl (C=O) groups excluding carboxylic acids is 1. The molecule has 1 aromatic heterocycles. The molecule has 2 rings (SSSR count). The summed E-state index contributed by atoms with van der Waals surface area (Å²) in [7, 11) is -3.54. The molecule has 24 heavy (non-hydrogen) atoms. The number of sulfone groups is 1. The van der Waals surface area contributed by atoms with E-state index in [1.165, 1.54) is 12.1 Å². The SMILES string of the molecule is CCOC(=O)CNCS(=O)(=O)c1ccc(Oc2ccncc2)cc1. The first kappa shape index (κ1) is 17.9. The second kappa shape index (κ2) is 8.42. The molecule has 2 aromatic rings. The largest absolute Gasteiger partial charge is 0.465 e. The number of benzene rings is 1. The van der Waals surface area contributed by atoms with Gasteiger partial charge in [-0.25, -0.2) is 8.42 Å². The third-order valence-electron chi connectivity index (χ3n) is 2.94. The van der Waals surface area contributed by atoms with Crippen LogP contribution in [-0.2, 0) is 19.4 Å². The molecule has 0 aliphatic heterocycles. The van der Waals surface area contributed by atoms with Gasteiger partial charge in [-0.2, -0.15) is 0 Å². The molecular weight excluding hydrogens is 332 g/mol. The maximum atomic E-state index is 12.2. The van der Waals surface area contributed by atoms with E-state index in [1.807, 2.05) is 0 Å². The molecule has 128 valence electrons. The molecular formula is C16H18N2O5S. The van der Waals surface area contributed by atoms with Crippen LogP contribution in [0, 0.1) is 0 Å². The van der Waals surface area contributed by atoms with Crippen molar-refractivity contribution in [2.24, 2.45) is 0 Å². The summed E-state index contributed by atoms with van der Waals surface area (Å²) in [5.41, 5.74) is 0. The van der Waals surface area contributed by atoms with E-state index in [2.05, 4.69) is 10.3 Å². The van der Waals surface area contributed by atoms with Crippen molar-refractivity contribution in [2.45, 2.75) is 11.8 Å². The van der Waals surface area contributed by atoms with Crippen LogP contribution in [0.5, 0.6) is 11.5 Å². The van der Waals surface area contributed by atoms with E-state index in [1.54, 1.807) is 43.6 Å². The van der Waals surface area contributed by atoms with Crippen LogP contribution in [0.2, 0.25) is 0 Å². The molecule has 1 heterocycles. The zero-order chi connectivity index (χ0) is 17.4. The highest BCUT2D eigenvalue weighted by Crippen LogP contribution is 2.22. The van der Waals surface area contributed by atoms with Crippen molar-refractivity contribution in [3.8, 4) is 11.5 Å². The lowest BCUT2D eigenvalue weighted by molar-refractivity contribution is -0.141. The molecule has 0 saturated carbocycles. The minimum absolute atomic E-state index is 0.140. The fourth-order valence-corrected chi connectivity index (χ4v) is 2.93. The lowest BCUT2D eigenvalue weighted by Crippen LogP contribution is -2.29. The first-order chi connectivity index (χ1) is 11.5. The summed E-state index contributed by atoms with van der Waals surface area (Å²) >= 11 is 0. The molecule has 0 aliphatic rings. The van der Waals surface area contributed by atoms with Gasteiger partial charge >= 0.3 is 5.97 Å². The molecule has 0 atom stereocenters. The van der Waals surface area contributed by atoms with Crippen LogP contribution in [-0.4, -0.2) is 38.4 Å². The van der Waals surface area contributed by atoms with Gasteiger partial charge in [0.2, 0.25) is 0 Å². The predicted octanol–water partition coefficient (Wildman–Crippen LogP) is 1.76. The average molecular weight is 350 g/mol. The number of pyridine rings is 1. The Labute approximate surface area is 140 Å². The van der Waals surface area contributed by atoms with Gasteiger partial charge in [0.1, 0.15) is 17.4 Å². The van der Waals surface area contributed by atoms with E-state index >= 15 is 0 Å². The standard InChI is InChI=1S/C16H18N2O5S/c1-2-22-16(19)11-18-12-24(20,21)15-5-3-13(4-6-15)23-14-7-9-17-10-8-14/h3-10,18H,2,11-12H2,1H3.